The van der Waals surface area contributed by atoms with Gasteiger partial charge in [-0.25, -0.2) is 8.60 Å². The molecule has 3 nitrogen and oxygen atoms in total. The van der Waals surface area contributed by atoms with E-state index in [1.165, 1.54) is 24.6 Å². The molecule has 1 aromatic carbocycles. The SMILES string of the molecule is CS(C)(=O)=Nc1ccc(CC#N)cc1F. The van der Waals surface area contributed by atoms with Crippen molar-refractivity contribution in [3.05, 3.63) is 29.6 Å². The Balaban J connectivity index is 3.16. The molecular formula is C10H11FN2OS. The highest BCUT2D eigenvalue weighted by atomic mass is 32.2. The molecule has 1 aromatic rings. The lowest BCUT2D eigenvalue weighted by Crippen LogP contribution is -1.91. The minimum atomic E-state index is -2.35. The maximum atomic E-state index is 13.4. The summed E-state index contributed by atoms with van der Waals surface area (Å²) in [6, 6.07) is 6.22. The zero-order chi connectivity index (χ0) is 11.5. The minimum Gasteiger partial charge on any atom is -0.250 e. The van der Waals surface area contributed by atoms with E-state index in [1.807, 2.05) is 6.07 Å². The van der Waals surface area contributed by atoms with Crippen LogP contribution >= 0.6 is 0 Å². The van der Waals surface area contributed by atoms with Crippen molar-refractivity contribution in [2.45, 2.75) is 6.42 Å². The van der Waals surface area contributed by atoms with Crippen LogP contribution in [-0.4, -0.2) is 16.7 Å². The van der Waals surface area contributed by atoms with Crippen LogP contribution in [-0.2, 0) is 16.1 Å². The summed E-state index contributed by atoms with van der Waals surface area (Å²) in [6.07, 6.45) is 3.04. The first-order valence-electron chi connectivity index (χ1n) is 4.25. The van der Waals surface area contributed by atoms with Gasteiger partial charge in [-0.1, -0.05) is 6.07 Å². The molecule has 15 heavy (non-hydrogen) atoms. The summed E-state index contributed by atoms with van der Waals surface area (Å²) in [7, 11) is -2.35. The molecule has 0 N–H and O–H groups in total. The molecular weight excluding hydrogens is 215 g/mol. The highest BCUT2D eigenvalue weighted by Gasteiger charge is 2.03. The summed E-state index contributed by atoms with van der Waals surface area (Å²) >= 11 is 0. The van der Waals surface area contributed by atoms with Gasteiger partial charge < -0.3 is 0 Å². The molecule has 0 bridgehead atoms. The van der Waals surface area contributed by atoms with Gasteiger partial charge in [-0.3, -0.25) is 0 Å². The first-order chi connectivity index (χ1) is 6.92. The van der Waals surface area contributed by atoms with Crippen LogP contribution in [0.5, 0.6) is 0 Å². The van der Waals surface area contributed by atoms with Crippen LogP contribution < -0.4 is 0 Å². The molecule has 0 fully saturated rings. The van der Waals surface area contributed by atoms with Gasteiger partial charge in [0.2, 0.25) is 0 Å². The van der Waals surface area contributed by atoms with Gasteiger partial charge in [-0.2, -0.15) is 9.62 Å². The molecule has 0 saturated carbocycles. The molecule has 80 valence electrons. The van der Waals surface area contributed by atoms with Crippen LogP contribution in [0.4, 0.5) is 10.1 Å². The van der Waals surface area contributed by atoms with E-state index in [4.69, 9.17) is 5.26 Å². The average Bonchev–Trinajstić information content (AvgIpc) is 2.08. The van der Waals surface area contributed by atoms with E-state index >= 15 is 0 Å². The molecule has 0 radical (unpaired) electrons. The van der Waals surface area contributed by atoms with Crippen LogP contribution in [0.1, 0.15) is 5.56 Å². The van der Waals surface area contributed by atoms with E-state index in [0.29, 0.717) is 5.56 Å². The van der Waals surface area contributed by atoms with E-state index in [1.54, 1.807) is 6.07 Å². The Bertz CT molecular complexity index is 517. The standard InChI is InChI=1S/C10H11FN2OS/c1-15(2,14)13-10-4-3-8(5-6-12)7-9(10)11/h3-4,7H,5H2,1-2H3. The van der Waals surface area contributed by atoms with E-state index in [0.717, 1.165) is 0 Å². The van der Waals surface area contributed by atoms with Crippen LogP contribution in [0.25, 0.3) is 0 Å². The zero-order valence-electron chi connectivity index (χ0n) is 8.53. The number of nitriles is 1. The second kappa shape index (κ2) is 4.41. The topological polar surface area (TPSA) is 53.2 Å². The lowest BCUT2D eigenvalue weighted by molar-refractivity contribution is 0.628. The fourth-order valence-corrected chi connectivity index (χ4v) is 1.68. The number of hydrogen-bond acceptors (Lipinski definition) is 3. The summed E-state index contributed by atoms with van der Waals surface area (Å²) in [5.74, 6) is -0.542. The van der Waals surface area contributed by atoms with E-state index in [9.17, 15) is 8.60 Å². The lowest BCUT2D eigenvalue weighted by atomic mass is 10.1. The van der Waals surface area contributed by atoms with E-state index < -0.39 is 15.5 Å². The first-order valence-corrected chi connectivity index (χ1v) is 6.58. The molecule has 0 aliphatic carbocycles. The largest absolute Gasteiger partial charge is 0.250 e. The predicted molar refractivity (Wildman–Crippen MR) is 57.8 cm³/mol. The van der Waals surface area contributed by atoms with Crippen molar-refractivity contribution >= 4 is 15.4 Å². The van der Waals surface area contributed by atoms with Crippen LogP contribution in [0.15, 0.2) is 22.6 Å². The smallest absolute Gasteiger partial charge is 0.149 e. The third-order valence-electron chi connectivity index (χ3n) is 1.61. The third-order valence-corrected chi connectivity index (χ3v) is 2.25. The van der Waals surface area contributed by atoms with Gasteiger partial charge in [0, 0.05) is 22.2 Å². The second-order valence-corrected chi connectivity index (χ2v) is 5.94. The van der Waals surface area contributed by atoms with Crippen LogP contribution in [0.3, 0.4) is 0 Å². The Labute approximate surface area is 88.7 Å². The van der Waals surface area contributed by atoms with Crippen molar-refractivity contribution in [3.8, 4) is 6.07 Å². The molecule has 0 aromatic heterocycles. The monoisotopic (exact) mass is 226 g/mol. The lowest BCUT2D eigenvalue weighted by Gasteiger charge is -2.00. The van der Waals surface area contributed by atoms with E-state index in [2.05, 4.69) is 4.36 Å². The van der Waals surface area contributed by atoms with Gasteiger partial charge in [-0.05, 0) is 17.7 Å². The second-order valence-electron chi connectivity index (χ2n) is 3.39. The van der Waals surface area contributed by atoms with Gasteiger partial charge >= 0.3 is 0 Å². The maximum Gasteiger partial charge on any atom is 0.149 e. The van der Waals surface area contributed by atoms with Gasteiger partial charge in [0.1, 0.15) is 11.5 Å². The van der Waals surface area contributed by atoms with Crippen molar-refractivity contribution in [1.82, 2.24) is 0 Å². The summed E-state index contributed by atoms with van der Waals surface area (Å²) in [6.45, 7) is 0. The van der Waals surface area contributed by atoms with Gasteiger partial charge in [0.05, 0.1) is 12.5 Å². The van der Waals surface area contributed by atoms with Crippen molar-refractivity contribution in [2.75, 3.05) is 12.5 Å². The molecule has 0 spiro atoms. The van der Waals surface area contributed by atoms with Gasteiger partial charge in [0.15, 0.2) is 0 Å². The fraction of sp³-hybridized carbons (Fsp3) is 0.300. The molecule has 0 saturated heterocycles. The van der Waals surface area contributed by atoms with Crippen LogP contribution in [0.2, 0.25) is 0 Å². The van der Waals surface area contributed by atoms with Gasteiger partial charge in [-0.15, -0.1) is 0 Å². The Hall–Kier alpha value is -1.41. The maximum absolute atomic E-state index is 13.4. The molecule has 0 heterocycles. The molecule has 0 amide bonds. The average molecular weight is 226 g/mol. The number of nitrogens with zero attached hydrogens (tertiary/aromatic N) is 2. The number of rotatable bonds is 2. The summed E-state index contributed by atoms with van der Waals surface area (Å²) in [5.41, 5.74) is 0.666. The Kier molecular flexibility index (Phi) is 3.43. The fourth-order valence-electron chi connectivity index (χ4n) is 1.06. The summed E-state index contributed by atoms with van der Waals surface area (Å²) in [5, 5.41) is 8.42. The highest BCUT2D eigenvalue weighted by Crippen LogP contribution is 2.20. The molecule has 1 rings (SSSR count). The first kappa shape index (κ1) is 11.7. The molecule has 5 heteroatoms. The number of hydrogen-bond donors (Lipinski definition) is 0. The molecule has 0 aliphatic rings. The Morgan fingerprint density at radius 1 is 1.53 bits per heavy atom. The predicted octanol–water partition coefficient (Wildman–Crippen LogP) is 2.25. The molecule has 0 aliphatic heterocycles. The number of benzene rings is 1. The summed E-state index contributed by atoms with van der Waals surface area (Å²) in [4.78, 5) is 0. The third kappa shape index (κ3) is 3.68. The normalized spacial score (nSPS) is 10.8. The van der Waals surface area contributed by atoms with Crippen molar-refractivity contribution in [1.29, 1.82) is 5.26 Å². The van der Waals surface area contributed by atoms with Crippen LogP contribution in [0, 0.1) is 17.1 Å². The Morgan fingerprint density at radius 2 is 2.20 bits per heavy atom. The zero-order valence-corrected chi connectivity index (χ0v) is 9.34. The number of halogens is 1. The quantitative estimate of drug-likeness (QED) is 0.776. The van der Waals surface area contributed by atoms with Crippen molar-refractivity contribution in [3.63, 3.8) is 0 Å². The van der Waals surface area contributed by atoms with Gasteiger partial charge in [0.25, 0.3) is 0 Å². The summed E-state index contributed by atoms with van der Waals surface area (Å²) < 4.78 is 28.5. The molecule has 0 atom stereocenters. The van der Waals surface area contributed by atoms with E-state index in [-0.39, 0.29) is 12.1 Å². The van der Waals surface area contributed by atoms with Crippen molar-refractivity contribution in [2.24, 2.45) is 4.36 Å². The highest BCUT2D eigenvalue weighted by molar-refractivity contribution is 7.92. The van der Waals surface area contributed by atoms with Crippen molar-refractivity contribution < 1.29 is 8.60 Å². The minimum absolute atomic E-state index is 0.0756. The Morgan fingerprint density at radius 3 is 2.67 bits per heavy atom. The molecule has 0 unspecified atom stereocenters.